The van der Waals surface area contributed by atoms with E-state index in [1.54, 1.807) is 24.3 Å². The summed E-state index contributed by atoms with van der Waals surface area (Å²) in [6, 6.07) is 8.28. The molecule has 0 aliphatic carbocycles. The predicted molar refractivity (Wildman–Crippen MR) is 70.6 cm³/mol. The smallest absolute Gasteiger partial charge is 0.255 e. The molecule has 5 nitrogen and oxygen atoms in total. The second-order valence-corrected chi connectivity index (χ2v) is 3.77. The third-order valence-corrected chi connectivity index (χ3v) is 2.56. The molecule has 0 bridgehead atoms. The fourth-order valence-electron chi connectivity index (χ4n) is 1.57. The molecule has 0 radical (unpaired) electrons. The van der Waals surface area contributed by atoms with Crippen LogP contribution in [0.15, 0.2) is 42.7 Å². The van der Waals surface area contributed by atoms with E-state index < -0.39 is 0 Å². The van der Waals surface area contributed by atoms with E-state index in [4.69, 9.17) is 4.74 Å². The molecule has 19 heavy (non-hydrogen) atoms. The third-order valence-electron chi connectivity index (χ3n) is 2.56. The number of rotatable bonds is 4. The highest BCUT2D eigenvalue weighted by molar-refractivity contribution is 6.06. The minimum absolute atomic E-state index is 0.324. The summed E-state index contributed by atoms with van der Waals surface area (Å²) in [5.41, 5.74) is 1.21. The normalized spacial score (nSPS) is 9.74. The largest absolute Gasteiger partial charge is 0.497 e. The summed E-state index contributed by atoms with van der Waals surface area (Å²) < 4.78 is 5.05. The summed E-state index contributed by atoms with van der Waals surface area (Å²) in [4.78, 5) is 26.8. The number of aromatic nitrogens is 1. The second kappa shape index (κ2) is 5.77. The van der Waals surface area contributed by atoms with Crippen molar-refractivity contribution in [3.8, 4) is 5.75 Å². The predicted octanol–water partition coefficient (Wildman–Crippen LogP) is 2.16. The minimum atomic E-state index is -0.324. The van der Waals surface area contributed by atoms with Gasteiger partial charge in [-0.3, -0.25) is 14.6 Å². The Kier molecular flexibility index (Phi) is 3.87. The number of carbonyl (C=O) groups is 2. The van der Waals surface area contributed by atoms with Crippen molar-refractivity contribution in [3.05, 3.63) is 53.9 Å². The Balaban J connectivity index is 2.23. The van der Waals surface area contributed by atoms with Gasteiger partial charge in [0.2, 0.25) is 0 Å². The van der Waals surface area contributed by atoms with E-state index in [1.807, 2.05) is 0 Å². The number of hydrogen-bond acceptors (Lipinski definition) is 4. The number of methoxy groups -OCH3 is 1. The average Bonchev–Trinajstić information content (AvgIpc) is 2.47. The molecule has 1 heterocycles. The SMILES string of the molecule is COc1cccc(C(=O)Nc2cnccc2C=O)c1. The van der Waals surface area contributed by atoms with Crippen molar-refractivity contribution in [1.82, 2.24) is 4.98 Å². The van der Waals surface area contributed by atoms with E-state index >= 15 is 0 Å². The number of aldehydes is 1. The van der Waals surface area contributed by atoms with Gasteiger partial charge in [-0.25, -0.2) is 0 Å². The van der Waals surface area contributed by atoms with E-state index in [1.165, 1.54) is 25.6 Å². The molecular weight excluding hydrogens is 244 g/mol. The Labute approximate surface area is 110 Å². The summed E-state index contributed by atoms with van der Waals surface area (Å²) in [6.45, 7) is 0. The van der Waals surface area contributed by atoms with Gasteiger partial charge in [0.1, 0.15) is 5.75 Å². The van der Waals surface area contributed by atoms with Crippen LogP contribution in [-0.2, 0) is 0 Å². The molecule has 96 valence electrons. The van der Waals surface area contributed by atoms with E-state index in [2.05, 4.69) is 10.3 Å². The van der Waals surface area contributed by atoms with Gasteiger partial charge in [0.15, 0.2) is 6.29 Å². The Morgan fingerprint density at radius 1 is 1.37 bits per heavy atom. The number of pyridine rings is 1. The van der Waals surface area contributed by atoms with Crippen LogP contribution in [0.2, 0.25) is 0 Å². The average molecular weight is 256 g/mol. The summed E-state index contributed by atoms with van der Waals surface area (Å²) >= 11 is 0. The second-order valence-electron chi connectivity index (χ2n) is 3.77. The van der Waals surface area contributed by atoms with Crippen LogP contribution in [0, 0.1) is 0 Å². The van der Waals surface area contributed by atoms with Crippen molar-refractivity contribution in [3.63, 3.8) is 0 Å². The minimum Gasteiger partial charge on any atom is -0.497 e. The highest BCUT2D eigenvalue weighted by Gasteiger charge is 2.09. The highest BCUT2D eigenvalue weighted by atomic mass is 16.5. The number of carbonyl (C=O) groups excluding carboxylic acids is 2. The Morgan fingerprint density at radius 2 is 2.21 bits per heavy atom. The lowest BCUT2D eigenvalue weighted by Gasteiger charge is -2.07. The maximum absolute atomic E-state index is 12.0. The van der Waals surface area contributed by atoms with E-state index in [9.17, 15) is 9.59 Å². The maximum Gasteiger partial charge on any atom is 0.255 e. The molecule has 0 saturated carbocycles. The van der Waals surface area contributed by atoms with Crippen LogP contribution in [0.1, 0.15) is 20.7 Å². The van der Waals surface area contributed by atoms with Gasteiger partial charge in [-0.15, -0.1) is 0 Å². The fraction of sp³-hybridized carbons (Fsp3) is 0.0714. The Bertz CT molecular complexity index is 611. The molecule has 0 aliphatic heterocycles. The molecule has 0 saturated heterocycles. The number of benzene rings is 1. The lowest BCUT2D eigenvalue weighted by Crippen LogP contribution is -2.13. The molecule has 0 aliphatic rings. The van der Waals surface area contributed by atoms with Crippen molar-refractivity contribution in [2.24, 2.45) is 0 Å². The molecule has 1 N–H and O–H groups in total. The van der Waals surface area contributed by atoms with Crippen LogP contribution in [0.3, 0.4) is 0 Å². The van der Waals surface area contributed by atoms with Crippen LogP contribution in [0.25, 0.3) is 0 Å². The van der Waals surface area contributed by atoms with Gasteiger partial charge in [-0.1, -0.05) is 6.07 Å². The molecule has 1 aromatic carbocycles. The van der Waals surface area contributed by atoms with Crippen LogP contribution in [0.5, 0.6) is 5.75 Å². The monoisotopic (exact) mass is 256 g/mol. The van der Waals surface area contributed by atoms with Crippen molar-refractivity contribution in [2.45, 2.75) is 0 Å². The molecular formula is C14H12N2O3. The first-order chi connectivity index (χ1) is 9.24. The quantitative estimate of drug-likeness (QED) is 0.851. The number of ether oxygens (including phenoxy) is 1. The van der Waals surface area contributed by atoms with Crippen LogP contribution in [0.4, 0.5) is 5.69 Å². The summed E-state index contributed by atoms with van der Waals surface area (Å²) in [5.74, 6) is 0.268. The fourth-order valence-corrected chi connectivity index (χ4v) is 1.57. The van der Waals surface area contributed by atoms with Crippen LogP contribution in [-0.4, -0.2) is 24.3 Å². The molecule has 2 rings (SSSR count). The number of amides is 1. The topological polar surface area (TPSA) is 68.3 Å². The van der Waals surface area contributed by atoms with Crippen molar-refractivity contribution >= 4 is 17.9 Å². The van der Waals surface area contributed by atoms with Gasteiger partial charge >= 0.3 is 0 Å². The molecule has 0 spiro atoms. The molecule has 2 aromatic rings. The maximum atomic E-state index is 12.0. The van der Waals surface area contributed by atoms with Gasteiger partial charge in [0.05, 0.1) is 19.0 Å². The molecule has 5 heteroatoms. The molecule has 1 amide bonds. The third kappa shape index (κ3) is 2.95. The van der Waals surface area contributed by atoms with Gasteiger partial charge < -0.3 is 10.1 Å². The van der Waals surface area contributed by atoms with Gasteiger partial charge in [0.25, 0.3) is 5.91 Å². The van der Waals surface area contributed by atoms with E-state index in [0.717, 1.165) is 0 Å². The molecule has 1 aromatic heterocycles. The Hall–Kier alpha value is -2.69. The van der Waals surface area contributed by atoms with Gasteiger partial charge in [-0.2, -0.15) is 0 Å². The zero-order valence-corrected chi connectivity index (χ0v) is 10.3. The first-order valence-electron chi connectivity index (χ1n) is 5.59. The zero-order chi connectivity index (χ0) is 13.7. The standard InChI is InChI=1S/C14H12N2O3/c1-19-12-4-2-3-10(7-12)14(18)16-13-8-15-6-5-11(13)9-17/h2-9H,1H3,(H,16,18). The molecule has 0 atom stereocenters. The van der Waals surface area contributed by atoms with Gasteiger partial charge in [0, 0.05) is 17.3 Å². The van der Waals surface area contributed by atoms with Crippen LogP contribution < -0.4 is 10.1 Å². The molecule has 0 unspecified atom stereocenters. The van der Waals surface area contributed by atoms with Crippen molar-refractivity contribution in [1.29, 1.82) is 0 Å². The summed E-state index contributed by atoms with van der Waals surface area (Å²) in [5, 5.41) is 2.64. The number of nitrogens with zero attached hydrogens (tertiary/aromatic N) is 1. The summed E-state index contributed by atoms with van der Waals surface area (Å²) in [7, 11) is 1.53. The van der Waals surface area contributed by atoms with Crippen molar-refractivity contribution < 1.29 is 14.3 Å². The highest BCUT2D eigenvalue weighted by Crippen LogP contribution is 2.16. The zero-order valence-electron chi connectivity index (χ0n) is 10.3. The number of nitrogens with one attached hydrogen (secondary N) is 1. The first-order valence-corrected chi connectivity index (χ1v) is 5.59. The first kappa shape index (κ1) is 12.8. The number of anilines is 1. The Morgan fingerprint density at radius 3 is 2.95 bits per heavy atom. The lowest BCUT2D eigenvalue weighted by atomic mass is 10.2. The molecule has 0 fully saturated rings. The number of hydrogen-bond donors (Lipinski definition) is 1. The van der Waals surface area contributed by atoms with E-state index in [-0.39, 0.29) is 5.91 Å². The lowest BCUT2D eigenvalue weighted by molar-refractivity contribution is 0.102. The van der Waals surface area contributed by atoms with Crippen LogP contribution >= 0.6 is 0 Å². The van der Waals surface area contributed by atoms with E-state index in [0.29, 0.717) is 28.8 Å². The van der Waals surface area contributed by atoms with Crippen molar-refractivity contribution in [2.75, 3.05) is 12.4 Å². The van der Waals surface area contributed by atoms with Gasteiger partial charge in [-0.05, 0) is 24.3 Å². The summed E-state index contributed by atoms with van der Waals surface area (Å²) in [6.07, 6.45) is 3.59.